The van der Waals surface area contributed by atoms with Gasteiger partial charge in [-0.1, -0.05) is 105 Å². The third-order valence-electron chi connectivity index (χ3n) is 2.47. The van der Waals surface area contributed by atoms with E-state index in [2.05, 4.69) is 53.1 Å². The fourth-order valence-electron chi connectivity index (χ4n) is 1.37. The Morgan fingerprint density at radius 3 is 1.17 bits per heavy atom. The molecule has 1 aromatic heterocycles. The minimum atomic E-state index is -1.78. The zero-order valence-electron chi connectivity index (χ0n) is 12.4. The van der Waals surface area contributed by atoms with Crippen LogP contribution in [-0.2, 0) is 7.59 Å². The van der Waals surface area contributed by atoms with Crippen LogP contribution >= 0.6 is 69.6 Å². The lowest BCUT2D eigenvalue weighted by molar-refractivity contribution is 0.813. The van der Waals surface area contributed by atoms with Gasteiger partial charge in [0.15, 0.2) is 11.6 Å². The summed E-state index contributed by atoms with van der Waals surface area (Å²) in [4.78, 5) is 11.4. The average molecular weight is 436 g/mol. The Bertz CT molecular complexity index is 594. The Hall–Kier alpha value is -0.0300. The van der Waals surface area contributed by atoms with E-state index in [1.165, 1.54) is 11.1 Å². The Labute approximate surface area is 165 Å². The van der Waals surface area contributed by atoms with E-state index >= 15 is 0 Å². The zero-order chi connectivity index (χ0) is 17.8. The van der Waals surface area contributed by atoms with Crippen molar-refractivity contribution in [2.45, 2.75) is 28.4 Å². The number of hydrogen-bond donors (Lipinski definition) is 0. The number of aryl methyl sites for hydroxylation is 3. The Balaban J connectivity index is 0.000000277. The number of halogens is 6. The molecule has 0 fully saturated rings. The van der Waals surface area contributed by atoms with Gasteiger partial charge in [-0.05, 0) is 20.8 Å². The van der Waals surface area contributed by atoms with Crippen LogP contribution < -0.4 is 0 Å². The molecule has 0 saturated carbocycles. The second-order valence-corrected chi connectivity index (χ2v) is 9.24. The summed E-state index contributed by atoms with van der Waals surface area (Å²) in [7, 11) is 0. The normalized spacial score (nSPS) is 11.7. The number of aromatic nitrogens is 3. The quantitative estimate of drug-likeness (QED) is 0.466. The molecular weight excluding hydrogens is 423 g/mol. The lowest BCUT2D eigenvalue weighted by Gasteiger charge is -2.14. The van der Waals surface area contributed by atoms with Gasteiger partial charge in [0.05, 0.1) is 0 Å². The number of rotatable bonds is 0. The molecule has 23 heavy (non-hydrogen) atoms. The van der Waals surface area contributed by atoms with Gasteiger partial charge in [0.2, 0.25) is 7.59 Å². The molecule has 9 heteroatoms. The monoisotopic (exact) mass is 433 g/mol. The van der Waals surface area contributed by atoms with Crippen molar-refractivity contribution in [3.63, 3.8) is 0 Å². The van der Waals surface area contributed by atoms with Gasteiger partial charge in [-0.25, -0.2) is 15.0 Å². The van der Waals surface area contributed by atoms with E-state index < -0.39 is 7.59 Å². The van der Waals surface area contributed by atoms with Crippen molar-refractivity contribution in [2.75, 3.05) is 0 Å². The number of alkyl halides is 6. The smallest absolute Gasteiger partial charge is 0.214 e. The lowest BCUT2D eigenvalue weighted by Crippen LogP contribution is -2.16. The van der Waals surface area contributed by atoms with Crippen molar-refractivity contribution in [1.29, 1.82) is 0 Å². The number of nitrogens with zero attached hydrogens (tertiary/aromatic N) is 3. The molecule has 0 saturated heterocycles. The van der Waals surface area contributed by atoms with Gasteiger partial charge in [0.25, 0.3) is 0 Å². The predicted molar refractivity (Wildman–Crippen MR) is 99.0 cm³/mol. The Morgan fingerprint density at radius 1 is 0.609 bits per heavy atom. The maximum absolute atomic E-state index is 5.60. The summed E-state index contributed by atoms with van der Waals surface area (Å²) in [6.07, 6.45) is 0. The molecule has 0 aliphatic heterocycles. The fraction of sp³-hybridized carbons (Fsp3) is 0.357. The SMILES string of the molecule is Cc1ccc(C)cc1.Cc1nc(C(Cl)(Cl)Cl)nc(C(Cl)(Cl)Cl)n1. The van der Waals surface area contributed by atoms with E-state index in [-0.39, 0.29) is 11.6 Å². The van der Waals surface area contributed by atoms with Gasteiger partial charge >= 0.3 is 0 Å². The maximum Gasteiger partial charge on any atom is 0.250 e. The number of hydrogen-bond acceptors (Lipinski definition) is 3. The second kappa shape index (κ2) is 8.37. The minimum absolute atomic E-state index is 0.0821. The summed E-state index contributed by atoms with van der Waals surface area (Å²) >= 11 is 33.6. The first-order chi connectivity index (χ1) is 10.4. The molecule has 0 spiro atoms. The molecule has 0 aliphatic rings. The van der Waals surface area contributed by atoms with Crippen molar-refractivity contribution >= 4 is 69.6 Å². The summed E-state index contributed by atoms with van der Waals surface area (Å²) in [5.41, 5.74) is 2.66. The van der Waals surface area contributed by atoms with Crippen LogP contribution in [0.3, 0.4) is 0 Å². The summed E-state index contributed by atoms with van der Waals surface area (Å²) in [6, 6.07) is 8.48. The average Bonchev–Trinajstić information content (AvgIpc) is 2.40. The molecule has 0 N–H and O–H groups in total. The largest absolute Gasteiger partial charge is 0.250 e. The van der Waals surface area contributed by atoms with Gasteiger partial charge < -0.3 is 0 Å². The highest BCUT2D eigenvalue weighted by Gasteiger charge is 2.33. The summed E-state index contributed by atoms with van der Waals surface area (Å²) in [5.74, 6) is 0.135. The van der Waals surface area contributed by atoms with Crippen LogP contribution in [0, 0.1) is 20.8 Å². The first kappa shape index (κ1) is 21.0. The molecule has 0 unspecified atom stereocenters. The Kier molecular flexibility index (Phi) is 7.65. The highest BCUT2D eigenvalue weighted by molar-refractivity contribution is 6.67. The molecular formula is C14H13Cl6N3. The van der Waals surface area contributed by atoms with Gasteiger partial charge in [0.1, 0.15) is 5.82 Å². The molecule has 3 nitrogen and oxygen atoms in total. The van der Waals surface area contributed by atoms with E-state index in [4.69, 9.17) is 69.6 Å². The molecule has 0 bridgehead atoms. The molecule has 2 rings (SSSR count). The first-order valence-corrected chi connectivity index (χ1v) is 8.56. The lowest BCUT2D eigenvalue weighted by atomic mass is 10.2. The number of benzene rings is 1. The fourth-order valence-corrected chi connectivity index (χ4v) is 1.88. The van der Waals surface area contributed by atoms with Crippen LogP contribution in [0.1, 0.15) is 28.6 Å². The van der Waals surface area contributed by atoms with Crippen molar-refractivity contribution in [2.24, 2.45) is 0 Å². The van der Waals surface area contributed by atoms with Gasteiger partial charge in [-0.3, -0.25) is 0 Å². The minimum Gasteiger partial charge on any atom is -0.214 e. The van der Waals surface area contributed by atoms with Crippen molar-refractivity contribution in [3.8, 4) is 0 Å². The van der Waals surface area contributed by atoms with Crippen LogP contribution in [0.4, 0.5) is 0 Å². The molecule has 0 aliphatic carbocycles. The van der Waals surface area contributed by atoms with E-state index in [0.717, 1.165) is 0 Å². The summed E-state index contributed by atoms with van der Waals surface area (Å²) in [6.45, 7) is 5.76. The van der Waals surface area contributed by atoms with Crippen LogP contribution in [0.15, 0.2) is 24.3 Å². The topological polar surface area (TPSA) is 38.7 Å². The molecule has 0 radical (unpaired) electrons. The van der Waals surface area contributed by atoms with E-state index in [1.54, 1.807) is 6.92 Å². The van der Waals surface area contributed by atoms with Crippen LogP contribution in [0.5, 0.6) is 0 Å². The van der Waals surface area contributed by atoms with Gasteiger partial charge in [-0.15, -0.1) is 0 Å². The zero-order valence-corrected chi connectivity index (χ0v) is 17.0. The summed E-state index contributed by atoms with van der Waals surface area (Å²) in [5, 5.41) is 0. The van der Waals surface area contributed by atoms with E-state index in [0.29, 0.717) is 5.82 Å². The molecule has 1 aromatic carbocycles. The van der Waals surface area contributed by atoms with Gasteiger partial charge in [0, 0.05) is 0 Å². The van der Waals surface area contributed by atoms with E-state index in [9.17, 15) is 0 Å². The second-order valence-electron chi connectivity index (χ2n) is 4.68. The third-order valence-corrected chi connectivity index (χ3v) is 3.49. The van der Waals surface area contributed by atoms with Crippen LogP contribution in [0.25, 0.3) is 0 Å². The third kappa shape index (κ3) is 7.59. The van der Waals surface area contributed by atoms with E-state index in [1.807, 2.05) is 0 Å². The molecule has 126 valence electrons. The van der Waals surface area contributed by atoms with Crippen LogP contribution in [0.2, 0.25) is 0 Å². The first-order valence-electron chi connectivity index (χ1n) is 6.30. The van der Waals surface area contributed by atoms with Crippen LogP contribution in [-0.4, -0.2) is 15.0 Å². The van der Waals surface area contributed by atoms with Crippen molar-refractivity contribution < 1.29 is 0 Å². The van der Waals surface area contributed by atoms with Gasteiger partial charge in [-0.2, -0.15) is 0 Å². The molecule has 0 atom stereocenters. The highest BCUT2D eigenvalue weighted by atomic mass is 35.6. The molecule has 1 heterocycles. The summed E-state index contributed by atoms with van der Waals surface area (Å²) < 4.78 is -3.56. The standard InChI is InChI=1S/C8H10.C6H3Cl6N3/c1-7-3-5-8(2)6-4-7;1-2-13-3(5(7,8)9)15-4(14-2)6(10,11)12/h3-6H,1-2H3;1H3. The maximum atomic E-state index is 5.60. The predicted octanol–water partition coefficient (Wildman–Crippen LogP) is 6.14. The van der Waals surface area contributed by atoms with Crippen molar-refractivity contribution in [3.05, 3.63) is 52.9 Å². The Morgan fingerprint density at radius 2 is 0.913 bits per heavy atom. The van der Waals surface area contributed by atoms with Crippen molar-refractivity contribution in [1.82, 2.24) is 15.0 Å². The molecule has 0 amide bonds. The highest BCUT2D eigenvalue weighted by Crippen LogP contribution is 2.39. The molecule has 2 aromatic rings.